The molecule has 0 saturated heterocycles. The Kier molecular flexibility index (Phi) is 5.70. The monoisotopic (exact) mass is 431 g/mol. The highest BCUT2D eigenvalue weighted by Gasteiger charge is 2.16. The third-order valence-corrected chi connectivity index (χ3v) is 5.18. The molecule has 0 N–H and O–H groups in total. The summed E-state index contributed by atoms with van der Waals surface area (Å²) in [5.74, 6) is 0.987. The zero-order valence-electron chi connectivity index (χ0n) is 16.8. The van der Waals surface area contributed by atoms with Crippen molar-refractivity contribution < 1.29 is 23.7 Å². The molecule has 30 heavy (non-hydrogen) atoms. The lowest BCUT2D eigenvalue weighted by Gasteiger charge is -2.09. The number of pyridine rings is 1. The van der Waals surface area contributed by atoms with E-state index < -0.39 is 0 Å². The fourth-order valence-corrected chi connectivity index (χ4v) is 3.61. The van der Waals surface area contributed by atoms with E-state index in [2.05, 4.69) is 15.2 Å². The molecule has 0 aliphatic heterocycles. The number of fused-ring (bicyclic) bond motifs is 2. The number of hydrogen-bond donors (Lipinski definition) is 0. The van der Waals surface area contributed by atoms with Crippen LogP contribution in [0.15, 0.2) is 24.5 Å². The van der Waals surface area contributed by atoms with Crippen LogP contribution in [0.25, 0.3) is 21.9 Å². The normalized spacial score (nSPS) is 11.2. The van der Waals surface area contributed by atoms with Gasteiger partial charge in [-0.2, -0.15) is 5.10 Å². The molecule has 0 atom stereocenters. The van der Waals surface area contributed by atoms with E-state index in [1.807, 2.05) is 6.07 Å². The maximum Gasteiger partial charge on any atom is 0.305 e. The molecule has 0 saturated carbocycles. The molecule has 0 unspecified atom stereocenters. The molecule has 0 aliphatic rings. The first kappa shape index (κ1) is 20.0. The van der Waals surface area contributed by atoms with Crippen LogP contribution in [0.5, 0.6) is 16.7 Å². The van der Waals surface area contributed by atoms with Gasteiger partial charge in [0, 0.05) is 12.5 Å². The summed E-state index contributed by atoms with van der Waals surface area (Å²) in [7, 11) is 3.15. The molecule has 0 fully saturated rings. The number of nitrogens with zero attached hydrogens (tertiary/aromatic N) is 5. The first-order chi connectivity index (χ1) is 14.6. The molecule has 0 radical (unpaired) electrons. The lowest BCUT2D eigenvalue weighted by atomic mass is 10.3. The zero-order valence-corrected chi connectivity index (χ0v) is 17.6. The van der Waals surface area contributed by atoms with Crippen LogP contribution in [0.3, 0.4) is 0 Å². The van der Waals surface area contributed by atoms with Gasteiger partial charge >= 0.3 is 5.97 Å². The SMILES string of the molecule is CCOC(=O)CCCOc1cc(OC)cn2nc(-c3cn4nc(OC)sc4n3)cc12. The maximum atomic E-state index is 11.5. The third-order valence-electron chi connectivity index (χ3n) is 4.30. The minimum atomic E-state index is -0.228. The van der Waals surface area contributed by atoms with Crippen molar-refractivity contribution in [2.45, 2.75) is 19.8 Å². The van der Waals surface area contributed by atoms with Crippen LogP contribution < -0.4 is 14.2 Å². The summed E-state index contributed by atoms with van der Waals surface area (Å²) in [5.41, 5.74) is 2.13. The van der Waals surface area contributed by atoms with Gasteiger partial charge in [0.2, 0.25) is 4.96 Å². The third kappa shape index (κ3) is 4.01. The summed E-state index contributed by atoms with van der Waals surface area (Å²) in [5, 5.41) is 9.43. The fraction of sp³-hybridized carbons (Fsp3) is 0.368. The predicted molar refractivity (Wildman–Crippen MR) is 110 cm³/mol. The van der Waals surface area contributed by atoms with Gasteiger partial charge in [0.1, 0.15) is 28.4 Å². The van der Waals surface area contributed by atoms with Crippen molar-refractivity contribution in [3.05, 3.63) is 24.5 Å². The standard InChI is InChI=1S/C19H21N5O5S/c1-4-28-17(25)6-5-7-29-16-8-12(26-2)10-23-15(16)9-13(21-23)14-11-24-18(20-14)30-19(22-24)27-3/h8-11H,4-7H2,1-3H3. The van der Waals surface area contributed by atoms with E-state index in [0.717, 1.165) is 5.52 Å². The van der Waals surface area contributed by atoms with Gasteiger partial charge in [-0.1, -0.05) is 0 Å². The molecule has 0 spiro atoms. The van der Waals surface area contributed by atoms with E-state index in [0.29, 0.717) is 59.1 Å². The molecular weight excluding hydrogens is 410 g/mol. The Morgan fingerprint density at radius 2 is 1.97 bits per heavy atom. The number of imidazole rings is 1. The van der Waals surface area contributed by atoms with E-state index in [1.165, 1.54) is 11.3 Å². The van der Waals surface area contributed by atoms with Gasteiger partial charge in [-0.05, 0) is 30.7 Å². The van der Waals surface area contributed by atoms with Crippen LogP contribution >= 0.6 is 11.3 Å². The van der Waals surface area contributed by atoms with E-state index in [9.17, 15) is 4.79 Å². The lowest BCUT2D eigenvalue weighted by molar-refractivity contribution is -0.143. The van der Waals surface area contributed by atoms with Crippen molar-refractivity contribution in [1.82, 2.24) is 24.2 Å². The molecule has 4 rings (SSSR count). The minimum absolute atomic E-state index is 0.228. The Morgan fingerprint density at radius 1 is 1.10 bits per heavy atom. The van der Waals surface area contributed by atoms with Crippen molar-refractivity contribution >= 4 is 27.8 Å². The second kappa shape index (κ2) is 8.57. The summed E-state index contributed by atoms with van der Waals surface area (Å²) >= 11 is 1.35. The summed E-state index contributed by atoms with van der Waals surface area (Å²) in [4.78, 5) is 16.8. The average molecular weight is 431 g/mol. The fourth-order valence-electron chi connectivity index (χ4n) is 2.91. The summed E-state index contributed by atoms with van der Waals surface area (Å²) in [6.07, 6.45) is 4.42. The first-order valence-corrected chi connectivity index (χ1v) is 10.2. The Labute approximate surface area is 175 Å². The van der Waals surface area contributed by atoms with Crippen LogP contribution in [-0.2, 0) is 9.53 Å². The van der Waals surface area contributed by atoms with Crippen molar-refractivity contribution in [2.24, 2.45) is 0 Å². The van der Waals surface area contributed by atoms with E-state index >= 15 is 0 Å². The number of ether oxygens (including phenoxy) is 4. The molecule has 10 nitrogen and oxygen atoms in total. The van der Waals surface area contributed by atoms with Crippen molar-refractivity contribution in [1.29, 1.82) is 0 Å². The average Bonchev–Trinajstić information content (AvgIpc) is 3.43. The highest BCUT2D eigenvalue weighted by molar-refractivity contribution is 7.18. The van der Waals surface area contributed by atoms with Gasteiger partial charge in [-0.3, -0.25) is 4.79 Å². The van der Waals surface area contributed by atoms with Crippen molar-refractivity contribution in [2.75, 3.05) is 27.4 Å². The topological polar surface area (TPSA) is 101 Å². The molecule has 0 bridgehead atoms. The number of methoxy groups -OCH3 is 2. The van der Waals surface area contributed by atoms with Crippen LogP contribution in [0.2, 0.25) is 0 Å². The highest BCUT2D eigenvalue weighted by atomic mass is 32.1. The first-order valence-electron chi connectivity index (χ1n) is 9.37. The summed E-state index contributed by atoms with van der Waals surface area (Å²) in [6.45, 7) is 2.53. The lowest BCUT2D eigenvalue weighted by Crippen LogP contribution is -2.07. The molecule has 4 aromatic rings. The number of carbonyl (C=O) groups is 1. The van der Waals surface area contributed by atoms with Crippen molar-refractivity contribution in [3.8, 4) is 28.1 Å². The van der Waals surface area contributed by atoms with Gasteiger partial charge in [0.05, 0.1) is 39.8 Å². The molecule has 158 valence electrons. The molecular formula is C19H21N5O5S. The number of rotatable bonds is 9. The van der Waals surface area contributed by atoms with E-state index in [4.69, 9.17) is 18.9 Å². The molecule has 4 aromatic heterocycles. The second-order valence-corrected chi connectivity index (χ2v) is 7.20. The molecule has 11 heteroatoms. The van der Waals surface area contributed by atoms with Gasteiger partial charge in [-0.15, -0.1) is 5.10 Å². The van der Waals surface area contributed by atoms with Crippen LogP contribution in [0.1, 0.15) is 19.8 Å². The summed E-state index contributed by atoms with van der Waals surface area (Å²) < 4.78 is 24.7. The van der Waals surface area contributed by atoms with Gasteiger partial charge in [0.15, 0.2) is 0 Å². The molecule has 0 amide bonds. The van der Waals surface area contributed by atoms with Gasteiger partial charge in [0.25, 0.3) is 5.19 Å². The quantitative estimate of drug-likeness (QED) is 0.295. The van der Waals surface area contributed by atoms with E-state index in [1.54, 1.807) is 48.6 Å². The van der Waals surface area contributed by atoms with Crippen molar-refractivity contribution in [3.63, 3.8) is 0 Å². The Morgan fingerprint density at radius 3 is 2.70 bits per heavy atom. The molecule has 0 aromatic carbocycles. The highest BCUT2D eigenvalue weighted by Crippen LogP contribution is 2.30. The second-order valence-electron chi connectivity index (χ2n) is 6.29. The zero-order chi connectivity index (χ0) is 21.1. The number of carbonyl (C=O) groups excluding carboxylic acids is 1. The Balaban J connectivity index is 1.58. The Bertz CT molecular complexity index is 1150. The van der Waals surface area contributed by atoms with Crippen LogP contribution in [-0.4, -0.2) is 57.6 Å². The summed E-state index contributed by atoms with van der Waals surface area (Å²) in [6, 6.07) is 3.69. The Hall–Kier alpha value is -3.34. The number of hydrogen-bond acceptors (Lipinski definition) is 9. The largest absolute Gasteiger partial charge is 0.495 e. The molecule has 0 aliphatic carbocycles. The maximum absolute atomic E-state index is 11.5. The number of esters is 1. The van der Waals surface area contributed by atoms with Crippen LogP contribution in [0, 0.1) is 0 Å². The van der Waals surface area contributed by atoms with Gasteiger partial charge < -0.3 is 18.9 Å². The van der Waals surface area contributed by atoms with E-state index in [-0.39, 0.29) is 5.97 Å². The molecule has 4 heterocycles. The van der Waals surface area contributed by atoms with Gasteiger partial charge in [-0.25, -0.2) is 14.0 Å². The number of aromatic nitrogens is 5. The smallest absolute Gasteiger partial charge is 0.305 e. The predicted octanol–water partition coefficient (Wildman–Crippen LogP) is 2.84. The minimum Gasteiger partial charge on any atom is -0.495 e. The van der Waals surface area contributed by atoms with Crippen LogP contribution in [0.4, 0.5) is 0 Å².